The first-order valence-electron chi connectivity index (χ1n) is 13.3. The second-order valence-corrected chi connectivity index (χ2v) is 10.1. The molecule has 5 rings (SSSR count). The van der Waals surface area contributed by atoms with Crippen molar-refractivity contribution in [2.24, 2.45) is 0 Å². The van der Waals surface area contributed by atoms with Gasteiger partial charge in [0.15, 0.2) is 0 Å². The van der Waals surface area contributed by atoms with Gasteiger partial charge >= 0.3 is 0 Å². The number of benzene rings is 2. The number of hydrogen-bond donors (Lipinski definition) is 1. The summed E-state index contributed by atoms with van der Waals surface area (Å²) in [4.78, 5) is 30.2. The number of nitrogens with zero attached hydrogens (tertiary/aromatic N) is 2. The molecule has 0 spiro atoms. The Kier molecular flexibility index (Phi) is 8.14. The lowest BCUT2D eigenvalue weighted by Gasteiger charge is -2.28. The van der Waals surface area contributed by atoms with Crippen LogP contribution in [-0.4, -0.2) is 66.0 Å². The quantitative estimate of drug-likeness (QED) is 0.245. The summed E-state index contributed by atoms with van der Waals surface area (Å²) in [5.74, 6) is 0.188. The topological polar surface area (TPSA) is 92.5 Å². The molecule has 0 bridgehead atoms. The van der Waals surface area contributed by atoms with Crippen molar-refractivity contribution in [1.29, 1.82) is 0 Å². The standard InChI is InChI=1S/C31H34N2O6/c1-21-5-3-6-23(19-21)20-38-25-10-8-24(9-11-25)29(34)27-28(26-12-7-22(2)39-26)33(31(36)30(27)35)14-4-13-32-15-17-37-18-16-32/h3,5-12,19,28,34H,4,13-18,20H2,1-2H3/b29-27+/t28-/m0/s1. The van der Waals surface area contributed by atoms with Gasteiger partial charge < -0.3 is 23.9 Å². The Labute approximate surface area is 228 Å². The molecule has 8 nitrogen and oxygen atoms in total. The zero-order valence-electron chi connectivity index (χ0n) is 22.4. The maximum atomic E-state index is 13.2. The summed E-state index contributed by atoms with van der Waals surface area (Å²) in [6.45, 7) is 8.53. The van der Waals surface area contributed by atoms with Crippen molar-refractivity contribution in [2.45, 2.75) is 32.9 Å². The van der Waals surface area contributed by atoms with Crippen LogP contribution in [0.1, 0.15) is 40.7 Å². The van der Waals surface area contributed by atoms with Crippen molar-refractivity contribution in [2.75, 3.05) is 39.4 Å². The van der Waals surface area contributed by atoms with E-state index in [9.17, 15) is 14.7 Å². The number of aryl methyl sites for hydroxylation is 2. The summed E-state index contributed by atoms with van der Waals surface area (Å²) in [6, 6.07) is 17.7. The normalized spacial score (nSPS) is 19.5. The van der Waals surface area contributed by atoms with E-state index in [1.807, 2.05) is 32.0 Å². The largest absolute Gasteiger partial charge is 0.507 e. The number of amides is 1. The van der Waals surface area contributed by atoms with Gasteiger partial charge in [0, 0.05) is 31.7 Å². The van der Waals surface area contributed by atoms with E-state index < -0.39 is 17.7 Å². The molecule has 2 aliphatic rings. The molecule has 39 heavy (non-hydrogen) atoms. The van der Waals surface area contributed by atoms with Crippen molar-refractivity contribution in [3.05, 3.63) is 94.4 Å². The van der Waals surface area contributed by atoms with E-state index in [1.165, 1.54) is 4.90 Å². The number of aliphatic hydroxyl groups is 1. The summed E-state index contributed by atoms with van der Waals surface area (Å²) in [7, 11) is 0. The SMILES string of the molecule is Cc1cccc(COc2ccc(/C(O)=C3\C(=O)C(=O)N(CCCN4CCOCC4)[C@H]3c3ccc(C)o3)cc2)c1. The molecular weight excluding hydrogens is 496 g/mol. The van der Waals surface area contributed by atoms with E-state index in [1.54, 1.807) is 36.4 Å². The molecule has 1 atom stereocenters. The number of carbonyl (C=O) groups excluding carboxylic acids is 2. The van der Waals surface area contributed by atoms with E-state index in [0.717, 1.165) is 30.8 Å². The molecule has 204 valence electrons. The second kappa shape index (κ2) is 11.9. The zero-order valence-corrected chi connectivity index (χ0v) is 22.4. The highest BCUT2D eigenvalue weighted by atomic mass is 16.5. The molecule has 2 fully saturated rings. The highest BCUT2D eigenvalue weighted by molar-refractivity contribution is 6.46. The van der Waals surface area contributed by atoms with E-state index in [-0.39, 0.29) is 11.3 Å². The molecule has 0 radical (unpaired) electrons. The zero-order chi connectivity index (χ0) is 27.4. The molecule has 3 heterocycles. The van der Waals surface area contributed by atoms with Gasteiger partial charge in [0.1, 0.15) is 35.7 Å². The van der Waals surface area contributed by atoms with E-state index in [4.69, 9.17) is 13.9 Å². The van der Waals surface area contributed by atoms with Crippen LogP contribution in [0.4, 0.5) is 0 Å². The number of rotatable bonds is 9. The van der Waals surface area contributed by atoms with Gasteiger partial charge in [-0.1, -0.05) is 29.8 Å². The maximum Gasteiger partial charge on any atom is 0.295 e. The van der Waals surface area contributed by atoms with Crippen molar-refractivity contribution >= 4 is 17.4 Å². The third-order valence-electron chi connectivity index (χ3n) is 7.16. The van der Waals surface area contributed by atoms with Gasteiger partial charge in [-0.05, 0) is 62.2 Å². The van der Waals surface area contributed by atoms with Crippen LogP contribution in [0.2, 0.25) is 0 Å². The third kappa shape index (κ3) is 6.08. The molecule has 1 N–H and O–H groups in total. The average Bonchev–Trinajstić information content (AvgIpc) is 3.48. The molecule has 2 aromatic carbocycles. The fourth-order valence-electron chi connectivity index (χ4n) is 5.13. The number of aliphatic hydroxyl groups excluding tert-OH is 1. The number of hydrogen-bond acceptors (Lipinski definition) is 7. The molecule has 3 aromatic rings. The summed E-state index contributed by atoms with van der Waals surface area (Å²) >= 11 is 0. The lowest BCUT2D eigenvalue weighted by molar-refractivity contribution is -0.140. The lowest BCUT2D eigenvalue weighted by Crippen LogP contribution is -2.38. The smallest absolute Gasteiger partial charge is 0.295 e. The molecule has 0 unspecified atom stereocenters. The molecule has 2 aliphatic heterocycles. The minimum atomic E-state index is -0.791. The van der Waals surface area contributed by atoms with Crippen LogP contribution >= 0.6 is 0 Å². The Balaban J connectivity index is 1.36. The molecule has 2 saturated heterocycles. The predicted molar refractivity (Wildman–Crippen MR) is 146 cm³/mol. The Morgan fingerprint density at radius 3 is 2.46 bits per heavy atom. The minimum Gasteiger partial charge on any atom is -0.507 e. The van der Waals surface area contributed by atoms with Crippen LogP contribution in [0.5, 0.6) is 5.75 Å². The van der Waals surface area contributed by atoms with Gasteiger partial charge in [0.05, 0.1) is 18.8 Å². The van der Waals surface area contributed by atoms with Crippen LogP contribution in [0.25, 0.3) is 5.76 Å². The van der Waals surface area contributed by atoms with Crippen LogP contribution < -0.4 is 4.74 Å². The number of ether oxygens (including phenoxy) is 2. The Bertz CT molecular complexity index is 1350. The first-order chi connectivity index (χ1) is 18.9. The molecule has 0 aliphatic carbocycles. The first-order valence-corrected chi connectivity index (χ1v) is 13.3. The second-order valence-electron chi connectivity index (χ2n) is 10.1. The maximum absolute atomic E-state index is 13.2. The van der Waals surface area contributed by atoms with Gasteiger partial charge in [-0.2, -0.15) is 0 Å². The molecule has 0 saturated carbocycles. The summed E-state index contributed by atoms with van der Waals surface area (Å²) in [5.41, 5.74) is 2.69. The molecule has 8 heteroatoms. The van der Waals surface area contributed by atoms with Crippen LogP contribution in [0, 0.1) is 13.8 Å². The fourth-order valence-corrected chi connectivity index (χ4v) is 5.13. The number of carbonyl (C=O) groups is 2. The van der Waals surface area contributed by atoms with Crippen molar-refractivity contribution in [3.63, 3.8) is 0 Å². The van der Waals surface area contributed by atoms with Crippen LogP contribution in [0.15, 0.2) is 70.7 Å². The summed E-state index contributed by atoms with van der Waals surface area (Å²) in [6.07, 6.45) is 0.691. The van der Waals surface area contributed by atoms with Gasteiger partial charge in [-0.15, -0.1) is 0 Å². The van der Waals surface area contributed by atoms with Gasteiger partial charge in [0.2, 0.25) is 0 Å². The predicted octanol–water partition coefficient (Wildman–Crippen LogP) is 4.62. The van der Waals surface area contributed by atoms with Gasteiger partial charge in [-0.25, -0.2) is 0 Å². The average molecular weight is 531 g/mol. The number of Topliss-reactive ketones (excluding diaryl/α,β-unsaturated/α-hetero) is 1. The summed E-state index contributed by atoms with van der Waals surface area (Å²) < 4.78 is 17.2. The van der Waals surface area contributed by atoms with Crippen molar-refractivity contribution in [1.82, 2.24) is 9.80 Å². The van der Waals surface area contributed by atoms with Crippen LogP contribution in [-0.2, 0) is 20.9 Å². The summed E-state index contributed by atoms with van der Waals surface area (Å²) in [5, 5.41) is 11.3. The number of furan rings is 1. The highest BCUT2D eigenvalue weighted by Gasteiger charge is 2.47. The Morgan fingerprint density at radius 1 is 1.00 bits per heavy atom. The molecule has 1 amide bonds. The monoisotopic (exact) mass is 530 g/mol. The molecular formula is C31H34N2O6. The van der Waals surface area contributed by atoms with Gasteiger partial charge in [0.25, 0.3) is 11.7 Å². The van der Waals surface area contributed by atoms with Crippen LogP contribution in [0.3, 0.4) is 0 Å². The van der Waals surface area contributed by atoms with E-state index in [2.05, 4.69) is 11.0 Å². The minimum absolute atomic E-state index is 0.0363. The lowest BCUT2D eigenvalue weighted by atomic mass is 9.99. The number of likely N-dealkylation sites (tertiary alicyclic amines) is 1. The first kappa shape index (κ1) is 26.7. The third-order valence-corrected chi connectivity index (χ3v) is 7.16. The number of morpholine rings is 1. The Hall–Kier alpha value is -3.88. The number of ketones is 1. The van der Waals surface area contributed by atoms with Crippen molar-refractivity contribution in [3.8, 4) is 5.75 Å². The highest BCUT2D eigenvalue weighted by Crippen LogP contribution is 2.40. The van der Waals surface area contributed by atoms with E-state index in [0.29, 0.717) is 55.6 Å². The van der Waals surface area contributed by atoms with Crippen molar-refractivity contribution < 1.29 is 28.6 Å². The van der Waals surface area contributed by atoms with E-state index >= 15 is 0 Å². The molecule has 1 aromatic heterocycles. The Morgan fingerprint density at radius 2 is 1.77 bits per heavy atom. The van der Waals surface area contributed by atoms with Gasteiger partial charge in [-0.3, -0.25) is 14.5 Å². The fraction of sp³-hybridized carbons (Fsp3) is 0.355.